The molecule has 0 spiro atoms. The van der Waals surface area contributed by atoms with Crippen LogP contribution in [0.4, 0.5) is 9.59 Å². The topological polar surface area (TPSA) is 146 Å². The van der Waals surface area contributed by atoms with Crippen molar-refractivity contribution in [2.45, 2.75) is 96.1 Å². The Labute approximate surface area is 303 Å². The van der Waals surface area contributed by atoms with E-state index in [1.807, 2.05) is 56.7 Å². The molecule has 4 heterocycles. The number of benzene rings is 2. The Hall–Kier alpha value is -5.31. The summed E-state index contributed by atoms with van der Waals surface area (Å²) >= 11 is 0. The van der Waals surface area contributed by atoms with E-state index in [0.29, 0.717) is 23.4 Å². The van der Waals surface area contributed by atoms with E-state index in [1.54, 1.807) is 6.20 Å². The van der Waals surface area contributed by atoms with Crippen LogP contribution in [0.2, 0.25) is 0 Å². The van der Waals surface area contributed by atoms with Gasteiger partial charge in [-0.1, -0.05) is 38.0 Å². The highest BCUT2D eigenvalue weighted by molar-refractivity contribution is 5.88. The summed E-state index contributed by atoms with van der Waals surface area (Å²) in [6.45, 7) is 9.51. The van der Waals surface area contributed by atoms with Crippen LogP contribution in [-0.2, 0) is 14.3 Å². The van der Waals surface area contributed by atoms with Gasteiger partial charge in [0, 0.05) is 23.2 Å². The first-order valence-electron chi connectivity index (χ1n) is 18.2. The average Bonchev–Trinajstić information content (AvgIpc) is 3.70. The van der Waals surface area contributed by atoms with E-state index in [2.05, 4.69) is 62.4 Å². The van der Waals surface area contributed by atoms with Gasteiger partial charge in [0.2, 0.25) is 5.91 Å². The summed E-state index contributed by atoms with van der Waals surface area (Å²) < 4.78 is 10.5. The molecule has 7 atom stereocenters. The van der Waals surface area contributed by atoms with E-state index in [1.165, 1.54) is 7.11 Å². The van der Waals surface area contributed by atoms with Crippen LogP contribution in [-0.4, -0.2) is 78.7 Å². The van der Waals surface area contributed by atoms with Crippen molar-refractivity contribution in [3.05, 3.63) is 71.7 Å². The molecule has 52 heavy (non-hydrogen) atoms. The number of aromatic amines is 2. The van der Waals surface area contributed by atoms with E-state index in [9.17, 15) is 14.4 Å². The summed E-state index contributed by atoms with van der Waals surface area (Å²) in [5, 5.41) is 4.86. The van der Waals surface area contributed by atoms with Gasteiger partial charge in [-0.3, -0.25) is 9.69 Å². The SMILES string of the molecule is COC(=O)N[C@H](C(=O)N1[C@@H]2CC2C[C@H]1c1ncc(C#Cc2ccc3cc(-c4cnc([C@@H]5C[C@H]6C[C@H]6N5C(=O)OC(C)(C)C)[nH]4)ccc3c2)[nH]1)C(C)C. The molecular formula is C40H45N7O5. The van der Waals surface area contributed by atoms with Gasteiger partial charge in [0.25, 0.3) is 0 Å². The van der Waals surface area contributed by atoms with Crippen LogP contribution in [0.1, 0.15) is 95.3 Å². The molecule has 2 saturated carbocycles. The third-order valence-electron chi connectivity index (χ3n) is 10.8. The lowest BCUT2D eigenvalue weighted by Crippen LogP contribution is -2.52. The van der Waals surface area contributed by atoms with E-state index >= 15 is 0 Å². The molecule has 270 valence electrons. The molecule has 3 N–H and O–H groups in total. The lowest BCUT2D eigenvalue weighted by molar-refractivity contribution is -0.136. The van der Waals surface area contributed by atoms with Crippen molar-refractivity contribution in [3.63, 3.8) is 0 Å². The van der Waals surface area contributed by atoms with Crippen molar-refractivity contribution < 1.29 is 23.9 Å². The zero-order valence-corrected chi connectivity index (χ0v) is 30.4. The minimum absolute atomic E-state index is 0.0966. The second-order valence-corrected chi connectivity index (χ2v) is 16.0. The number of ether oxygens (including phenoxy) is 2. The number of nitrogens with zero attached hydrogens (tertiary/aromatic N) is 4. The fourth-order valence-electron chi connectivity index (χ4n) is 8.01. The number of hydrogen-bond donors (Lipinski definition) is 3. The van der Waals surface area contributed by atoms with Gasteiger partial charge in [0.1, 0.15) is 29.0 Å². The summed E-state index contributed by atoms with van der Waals surface area (Å²) in [5.41, 5.74) is 2.91. The molecule has 2 aliphatic carbocycles. The number of carbonyl (C=O) groups is 3. The monoisotopic (exact) mass is 703 g/mol. The number of hydrogen-bond acceptors (Lipinski definition) is 7. The van der Waals surface area contributed by atoms with Gasteiger partial charge in [0.05, 0.1) is 37.3 Å². The van der Waals surface area contributed by atoms with Crippen molar-refractivity contribution in [2.24, 2.45) is 17.8 Å². The maximum absolute atomic E-state index is 13.7. The quantitative estimate of drug-likeness (QED) is 0.195. The number of methoxy groups -OCH3 is 1. The second-order valence-electron chi connectivity index (χ2n) is 16.0. The molecule has 2 aromatic heterocycles. The van der Waals surface area contributed by atoms with E-state index in [4.69, 9.17) is 14.5 Å². The summed E-state index contributed by atoms with van der Waals surface area (Å²) in [4.78, 5) is 58.7. The van der Waals surface area contributed by atoms with Crippen LogP contribution in [0.5, 0.6) is 0 Å². The Bertz CT molecular complexity index is 2120. The number of carbonyl (C=O) groups excluding carboxylic acids is 3. The number of nitrogens with one attached hydrogen (secondary N) is 3. The maximum Gasteiger partial charge on any atom is 0.411 e. The number of rotatable bonds is 6. The fraction of sp³-hybridized carbons (Fsp3) is 0.475. The Morgan fingerprint density at radius 3 is 2.23 bits per heavy atom. The Kier molecular flexibility index (Phi) is 8.27. The van der Waals surface area contributed by atoms with Gasteiger partial charge < -0.3 is 29.7 Å². The maximum atomic E-state index is 13.7. The average molecular weight is 704 g/mol. The third-order valence-corrected chi connectivity index (χ3v) is 10.8. The second kappa shape index (κ2) is 12.7. The zero-order valence-electron chi connectivity index (χ0n) is 30.4. The largest absolute Gasteiger partial charge is 0.453 e. The normalized spacial score (nSPS) is 24.9. The molecule has 0 bridgehead atoms. The van der Waals surface area contributed by atoms with Crippen molar-refractivity contribution in [2.75, 3.05) is 7.11 Å². The van der Waals surface area contributed by atoms with Crippen LogP contribution < -0.4 is 5.32 Å². The van der Waals surface area contributed by atoms with E-state index in [-0.39, 0.29) is 42.1 Å². The number of amides is 3. The Morgan fingerprint density at radius 2 is 1.52 bits per heavy atom. The zero-order chi connectivity index (χ0) is 36.5. The van der Waals surface area contributed by atoms with Crippen LogP contribution in [0.15, 0.2) is 48.8 Å². The van der Waals surface area contributed by atoms with Crippen LogP contribution in [0.25, 0.3) is 22.0 Å². The molecule has 8 rings (SSSR count). The molecule has 2 saturated heterocycles. The highest BCUT2D eigenvalue weighted by Crippen LogP contribution is 2.54. The number of fused-ring (bicyclic) bond motifs is 3. The summed E-state index contributed by atoms with van der Waals surface area (Å²) in [6.07, 6.45) is 6.41. The van der Waals surface area contributed by atoms with Crippen LogP contribution >= 0.6 is 0 Å². The molecule has 4 aromatic rings. The van der Waals surface area contributed by atoms with Crippen molar-refractivity contribution in [3.8, 4) is 23.1 Å². The highest BCUT2D eigenvalue weighted by Gasteiger charge is 2.57. The van der Waals surface area contributed by atoms with Crippen LogP contribution in [0, 0.1) is 29.6 Å². The molecule has 0 radical (unpaired) electrons. The van der Waals surface area contributed by atoms with E-state index in [0.717, 1.165) is 59.1 Å². The first-order chi connectivity index (χ1) is 24.9. The summed E-state index contributed by atoms with van der Waals surface area (Å²) in [5.74, 6) is 8.73. The lowest BCUT2D eigenvalue weighted by Gasteiger charge is -2.31. The number of aromatic nitrogens is 4. The molecule has 2 aliphatic heterocycles. The Morgan fingerprint density at radius 1 is 0.865 bits per heavy atom. The number of imidazole rings is 2. The molecule has 12 nitrogen and oxygen atoms in total. The molecule has 2 aromatic carbocycles. The number of alkyl carbamates (subject to hydrolysis) is 1. The number of piperidine rings is 2. The third kappa shape index (κ3) is 6.49. The first kappa shape index (κ1) is 33.8. The van der Waals surface area contributed by atoms with Gasteiger partial charge in [0.15, 0.2) is 0 Å². The van der Waals surface area contributed by atoms with Gasteiger partial charge >= 0.3 is 12.2 Å². The smallest absolute Gasteiger partial charge is 0.411 e. The molecule has 1 unspecified atom stereocenters. The molecule has 4 fully saturated rings. The molecule has 3 amide bonds. The van der Waals surface area contributed by atoms with Gasteiger partial charge in [-0.25, -0.2) is 19.6 Å². The lowest BCUT2D eigenvalue weighted by atomic mass is 10.0. The van der Waals surface area contributed by atoms with Crippen molar-refractivity contribution in [1.29, 1.82) is 0 Å². The molecule has 4 aliphatic rings. The summed E-state index contributed by atoms with van der Waals surface area (Å²) in [6, 6.07) is 11.8. The fourth-order valence-corrected chi connectivity index (χ4v) is 8.01. The predicted molar refractivity (Wildman–Crippen MR) is 194 cm³/mol. The van der Waals surface area contributed by atoms with Gasteiger partial charge in [-0.05, 0) is 99.1 Å². The highest BCUT2D eigenvalue weighted by atomic mass is 16.6. The van der Waals surface area contributed by atoms with Gasteiger partial charge in [-0.15, -0.1) is 0 Å². The standard InChI is InChI=1S/C40H45N7O5/c1-21(2)34(45-38(49)51-6)37(48)46-30-15-26(30)17-32(46)35-41-19-28(43-35)12-8-22-7-9-24-14-25(11-10-23(24)13-22)29-20-42-36(44-29)33-18-27-16-31(27)47(33)39(50)52-40(3,4)5/h7,9-11,13-14,19-21,26-27,30-34H,15-18H2,1-6H3,(H,41,43)(H,42,44)(H,45,49)/t26?,27-,30-,31-,32+,33+,34+/m1/s1. The molecule has 12 heteroatoms. The number of H-pyrrole nitrogens is 2. The van der Waals surface area contributed by atoms with Gasteiger partial charge in [-0.2, -0.15) is 0 Å². The van der Waals surface area contributed by atoms with Crippen molar-refractivity contribution >= 4 is 28.9 Å². The predicted octanol–water partition coefficient (Wildman–Crippen LogP) is 6.47. The van der Waals surface area contributed by atoms with Crippen LogP contribution in [0.3, 0.4) is 0 Å². The summed E-state index contributed by atoms with van der Waals surface area (Å²) in [7, 11) is 1.30. The minimum Gasteiger partial charge on any atom is -0.453 e. The minimum atomic E-state index is -0.677. The first-order valence-corrected chi connectivity index (χ1v) is 18.2. The van der Waals surface area contributed by atoms with E-state index < -0.39 is 17.7 Å². The molecular weight excluding hydrogens is 658 g/mol. The van der Waals surface area contributed by atoms with Crippen molar-refractivity contribution in [1.82, 2.24) is 35.1 Å². The Balaban J connectivity index is 0.953. The number of likely N-dealkylation sites (tertiary alicyclic amines) is 2.